The molecule has 2 aromatic rings. The molecule has 2 aromatic carbocycles. The maximum absolute atomic E-state index is 4.83. The number of rotatable bonds is 2. The van der Waals surface area contributed by atoms with E-state index in [9.17, 15) is 0 Å². The molecule has 2 atom stereocenters. The molecular weight excluding hydrogens is 256 g/mol. The molecule has 0 saturated heterocycles. The highest BCUT2D eigenvalue weighted by Crippen LogP contribution is 2.75. The molecule has 1 aliphatic carbocycles. The zero-order valence-electron chi connectivity index (χ0n) is 12.7. The normalized spacial score (nSPS) is 30.9. The summed E-state index contributed by atoms with van der Waals surface area (Å²) < 4.78 is 0. The van der Waals surface area contributed by atoms with E-state index in [0.717, 1.165) is 0 Å². The van der Waals surface area contributed by atoms with E-state index < -0.39 is 0 Å². The molecule has 2 heteroatoms. The van der Waals surface area contributed by atoms with Crippen LogP contribution in [0, 0.1) is 11.3 Å². The zero-order chi connectivity index (χ0) is 14.7. The summed E-state index contributed by atoms with van der Waals surface area (Å²) in [5, 5.41) is 9.56. The summed E-state index contributed by atoms with van der Waals surface area (Å²) in [5.74, 6) is 0.419. The lowest BCUT2D eigenvalue weighted by Crippen LogP contribution is -2.29. The number of fused-ring (bicyclic) bond motifs is 1. The Hall–Kier alpha value is -1.96. The molecule has 0 spiro atoms. The van der Waals surface area contributed by atoms with Crippen molar-refractivity contribution in [2.45, 2.75) is 31.8 Å². The minimum Gasteiger partial charge on any atom is -0.185 e. The largest absolute Gasteiger partial charge is 0.185 e. The lowest BCUT2D eigenvalue weighted by Gasteiger charge is -2.30. The second-order valence-electron chi connectivity index (χ2n) is 7.00. The first kappa shape index (κ1) is 12.8. The average molecular weight is 276 g/mol. The molecule has 0 N–H and O–H groups in total. The molecule has 1 aliphatic heterocycles. The summed E-state index contributed by atoms with van der Waals surface area (Å²) in [6, 6.07) is 21.3. The Morgan fingerprint density at radius 2 is 1.19 bits per heavy atom. The predicted octanol–water partition coefficient (Wildman–Crippen LogP) is 4.81. The number of azo groups is 1. The lowest BCUT2D eigenvalue weighted by molar-refractivity contribution is 0.379. The molecule has 0 unspecified atom stereocenters. The third-order valence-electron chi connectivity index (χ3n) is 5.77. The van der Waals surface area contributed by atoms with Gasteiger partial charge >= 0.3 is 0 Å². The van der Waals surface area contributed by atoms with Gasteiger partial charge in [-0.25, -0.2) is 0 Å². The van der Waals surface area contributed by atoms with Crippen LogP contribution in [0.5, 0.6) is 0 Å². The van der Waals surface area contributed by atoms with Gasteiger partial charge in [0, 0.05) is 11.3 Å². The van der Waals surface area contributed by atoms with Crippen molar-refractivity contribution < 1.29 is 0 Å². The summed E-state index contributed by atoms with van der Waals surface area (Å²) >= 11 is 0. The molecule has 0 amide bonds. The van der Waals surface area contributed by atoms with Gasteiger partial charge in [0.15, 0.2) is 0 Å². The molecule has 2 nitrogen and oxygen atoms in total. The van der Waals surface area contributed by atoms with Crippen LogP contribution in [0.25, 0.3) is 0 Å². The number of hydrogen-bond donors (Lipinski definition) is 0. The van der Waals surface area contributed by atoms with E-state index >= 15 is 0 Å². The van der Waals surface area contributed by atoms with Gasteiger partial charge in [-0.3, -0.25) is 0 Å². The second-order valence-corrected chi connectivity index (χ2v) is 7.00. The van der Waals surface area contributed by atoms with Crippen molar-refractivity contribution in [2.75, 3.05) is 0 Å². The van der Waals surface area contributed by atoms with Crippen LogP contribution >= 0.6 is 0 Å². The molecule has 2 aliphatic rings. The van der Waals surface area contributed by atoms with Crippen molar-refractivity contribution >= 4 is 0 Å². The van der Waals surface area contributed by atoms with E-state index in [1.54, 1.807) is 0 Å². The zero-order valence-corrected chi connectivity index (χ0v) is 12.7. The monoisotopic (exact) mass is 276 g/mol. The van der Waals surface area contributed by atoms with Gasteiger partial charge in [0.1, 0.15) is 5.54 Å². The summed E-state index contributed by atoms with van der Waals surface area (Å²) in [7, 11) is 0. The van der Waals surface area contributed by atoms with Crippen LogP contribution in [0.15, 0.2) is 70.9 Å². The van der Waals surface area contributed by atoms with Crippen molar-refractivity contribution in [1.82, 2.24) is 0 Å². The number of benzene rings is 2. The first-order chi connectivity index (χ1) is 10.0. The lowest BCUT2D eigenvalue weighted by atomic mass is 9.77. The van der Waals surface area contributed by atoms with Crippen molar-refractivity contribution in [3.8, 4) is 0 Å². The van der Waals surface area contributed by atoms with Crippen molar-refractivity contribution in [1.29, 1.82) is 0 Å². The van der Waals surface area contributed by atoms with Crippen molar-refractivity contribution in [3.05, 3.63) is 71.8 Å². The maximum Gasteiger partial charge on any atom is 0.137 e. The maximum atomic E-state index is 4.83. The average Bonchev–Trinajstić information content (AvgIpc) is 2.82. The van der Waals surface area contributed by atoms with Crippen LogP contribution in [0.3, 0.4) is 0 Å². The molecule has 0 radical (unpaired) electrons. The Morgan fingerprint density at radius 1 is 0.714 bits per heavy atom. The minimum atomic E-state index is -0.333. The molecule has 1 heterocycles. The number of hydrogen-bond acceptors (Lipinski definition) is 2. The standard InChI is InChI=1S/C19H20N2/c1-17(2)16-18(17,3)20-21-19(16,14-10-6-4-7-11-14)15-12-8-5-9-13-15/h4-13,16H,1-3H3/t16-,18+/m1/s1. The van der Waals surface area contributed by atoms with Gasteiger partial charge in [-0.1, -0.05) is 74.5 Å². The molecular formula is C19H20N2. The predicted molar refractivity (Wildman–Crippen MR) is 84.2 cm³/mol. The molecule has 106 valence electrons. The summed E-state index contributed by atoms with van der Waals surface area (Å²) in [5.41, 5.74) is 2.30. The quantitative estimate of drug-likeness (QED) is 0.752. The highest BCUT2D eigenvalue weighted by atomic mass is 15.3. The molecule has 0 bridgehead atoms. The SMILES string of the molecule is CC1(C)[C@H]2C(c3ccccc3)(c3ccccc3)N=N[C@@]21C. The van der Waals surface area contributed by atoms with Gasteiger partial charge in [-0.2, -0.15) is 10.2 Å². The Morgan fingerprint density at radius 3 is 1.57 bits per heavy atom. The van der Waals surface area contributed by atoms with E-state index in [1.807, 2.05) is 0 Å². The van der Waals surface area contributed by atoms with Crippen LogP contribution in [0.2, 0.25) is 0 Å². The van der Waals surface area contributed by atoms with E-state index in [2.05, 4.69) is 81.4 Å². The van der Waals surface area contributed by atoms with Crippen LogP contribution in [-0.2, 0) is 5.54 Å². The van der Waals surface area contributed by atoms with E-state index in [-0.39, 0.29) is 16.5 Å². The fraction of sp³-hybridized carbons (Fsp3) is 0.368. The van der Waals surface area contributed by atoms with Crippen LogP contribution < -0.4 is 0 Å². The number of nitrogens with zero attached hydrogens (tertiary/aromatic N) is 2. The van der Waals surface area contributed by atoms with E-state index in [0.29, 0.717) is 5.92 Å². The van der Waals surface area contributed by atoms with Gasteiger partial charge in [0.25, 0.3) is 0 Å². The summed E-state index contributed by atoms with van der Waals surface area (Å²) in [6.45, 7) is 6.88. The molecule has 4 rings (SSSR count). The summed E-state index contributed by atoms with van der Waals surface area (Å²) in [4.78, 5) is 0. The van der Waals surface area contributed by atoms with Crippen LogP contribution in [0.4, 0.5) is 0 Å². The Bertz CT molecular complexity index is 663. The fourth-order valence-corrected chi connectivity index (χ4v) is 4.31. The Labute approximate surface area is 125 Å². The first-order valence-corrected chi connectivity index (χ1v) is 7.58. The van der Waals surface area contributed by atoms with Gasteiger partial charge in [0.2, 0.25) is 0 Å². The minimum absolute atomic E-state index is 0.0430. The Balaban J connectivity index is 1.97. The third kappa shape index (κ3) is 1.38. The highest BCUT2D eigenvalue weighted by Gasteiger charge is 2.80. The summed E-state index contributed by atoms with van der Waals surface area (Å²) in [6.07, 6.45) is 0. The molecule has 21 heavy (non-hydrogen) atoms. The van der Waals surface area contributed by atoms with Crippen LogP contribution in [-0.4, -0.2) is 5.54 Å². The molecule has 1 saturated carbocycles. The highest BCUT2D eigenvalue weighted by molar-refractivity contribution is 5.48. The topological polar surface area (TPSA) is 24.7 Å². The van der Waals surface area contributed by atoms with Crippen LogP contribution in [0.1, 0.15) is 31.9 Å². The van der Waals surface area contributed by atoms with Crippen molar-refractivity contribution in [2.24, 2.45) is 21.6 Å². The smallest absolute Gasteiger partial charge is 0.137 e. The van der Waals surface area contributed by atoms with Gasteiger partial charge in [-0.05, 0) is 18.1 Å². The van der Waals surface area contributed by atoms with E-state index in [1.165, 1.54) is 11.1 Å². The van der Waals surface area contributed by atoms with Gasteiger partial charge < -0.3 is 0 Å². The van der Waals surface area contributed by atoms with E-state index in [4.69, 9.17) is 10.2 Å². The first-order valence-electron chi connectivity index (χ1n) is 7.58. The Kier molecular flexibility index (Phi) is 2.32. The van der Waals surface area contributed by atoms with Crippen molar-refractivity contribution in [3.63, 3.8) is 0 Å². The van der Waals surface area contributed by atoms with Gasteiger partial charge in [0.05, 0.1) is 5.54 Å². The second kappa shape index (κ2) is 3.82. The molecule has 1 fully saturated rings. The third-order valence-corrected chi connectivity index (χ3v) is 5.77. The fourth-order valence-electron chi connectivity index (χ4n) is 4.31. The van der Waals surface area contributed by atoms with Gasteiger partial charge in [-0.15, -0.1) is 0 Å². The molecule has 0 aromatic heterocycles.